The Balaban J connectivity index is 3.92. The highest BCUT2D eigenvalue weighted by Gasteiger charge is 2.17. The van der Waals surface area contributed by atoms with Crippen LogP contribution in [-0.2, 0) is 9.59 Å². The van der Waals surface area contributed by atoms with Crippen molar-refractivity contribution in [2.75, 3.05) is 0 Å². The number of Topliss-reactive ketones (excluding diaryl/α,β-unsaturated/α-hetero) is 1. The second-order valence-corrected chi connectivity index (χ2v) is 2.87. The maximum Gasteiger partial charge on any atom is 0.323 e. The quantitative estimate of drug-likeness (QED) is 0.237. The summed E-state index contributed by atoms with van der Waals surface area (Å²) in [6.07, 6.45) is 0.965. The van der Waals surface area contributed by atoms with E-state index < -0.39 is 17.8 Å². The van der Waals surface area contributed by atoms with Crippen molar-refractivity contribution in [3.63, 3.8) is 0 Å². The number of hydrogen-bond acceptors (Lipinski definition) is 3. The average Bonchev–Trinajstić information content (AvgIpc) is 2.05. The molecule has 0 aliphatic heterocycles. The monoisotopic (exact) mass is 297 g/mol. The number of carbonyl (C=O) groups is 2. The molecule has 0 saturated carbocycles. The van der Waals surface area contributed by atoms with Crippen molar-refractivity contribution in [3.05, 3.63) is 5.53 Å². The van der Waals surface area contributed by atoms with E-state index >= 15 is 0 Å². The Kier molecular flexibility index (Phi) is 6.29. The van der Waals surface area contributed by atoms with Crippen LogP contribution < -0.4 is 3.53 Å². The van der Waals surface area contributed by atoms with Gasteiger partial charge in [0.1, 0.15) is 6.04 Å². The van der Waals surface area contributed by atoms with Crippen LogP contribution in [0.4, 0.5) is 0 Å². The van der Waals surface area contributed by atoms with Crippen LogP contribution in [0, 0.1) is 0 Å². The predicted octanol–water partition coefficient (Wildman–Crippen LogP) is 0.0291. The van der Waals surface area contributed by atoms with Crippen molar-refractivity contribution in [1.29, 1.82) is 0 Å². The molecule has 7 heteroatoms. The van der Waals surface area contributed by atoms with Crippen LogP contribution in [0.25, 0.3) is 5.53 Å². The summed E-state index contributed by atoms with van der Waals surface area (Å²) in [6.45, 7) is 0. The van der Waals surface area contributed by atoms with Crippen LogP contribution in [-0.4, -0.2) is 33.9 Å². The van der Waals surface area contributed by atoms with Crippen molar-refractivity contribution in [2.24, 2.45) is 0 Å². The summed E-state index contributed by atoms with van der Waals surface area (Å²) in [5, 5.41) is 8.55. The van der Waals surface area contributed by atoms with E-state index in [2.05, 4.69) is 8.32 Å². The Morgan fingerprint density at radius 3 is 2.69 bits per heavy atom. The molecule has 13 heavy (non-hydrogen) atoms. The third-order valence-corrected chi connectivity index (χ3v) is 2.06. The summed E-state index contributed by atoms with van der Waals surface area (Å²) in [7, 11) is 0. The minimum Gasteiger partial charge on any atom is -0.480 e. The minimum absolute atomic E-state index is 0.0387. The SMILES string of the molecule is [N-]=[N+]=CC(=O)CCC(NI)C(=O)O. The molecular formula is C6H8IN3O3. The topological polar surface area (TPSA) is 103 Å². The zero-order valence-corrected chi connectivity index (χ0v) is 8.76. The Morgan fingerprint density at radius 1 is 1.69 bits per heavy atom. The van der Waals surface area contributed by atoms with E-state index in [0.29, 0.717) is 0 Å². The number of carbonyl (C=O) groups excluding carboxylic acids is 1. The van der Waals surface area contributed by atoms with Crippen molar-refractivity contribution < 1.29 is 19.5 Å². The van der Waals surface area contributed by atoms with Gasteiger partial charge in [0.2, 0.25) is 5.78 Å². The summed E-state index contributed by atoms with van der Waals surface area (Å²) in [4.78, 5) is 23.7. The number of ketones is 1. The van der Waals surface area contributed by atoms with Gasteiger partial charge in [0, 0.05) is 29.3 Å². The predicted molar refractivity (Wildman–Crippen MR) is 52.5 cm³/mol. The molecule has 0 aromatic rings. The van der Waals surface area contributed by atoms with E-state index in [1.807, 2.05) is 0 Å². The first-order valence-electron chi connectivity index (χ1n) is 3.41. The first-order chi connectivity index (χ1) is 6.11. The Labute approximate surface area is 88.4 Å². The number of aliphatic carboxylic acids is 1. The maximum absolute atomic E-state index is 10.8. The van der Waals surface area contributed by atoms with Gasteiger partial charge in [-0.25, -0.2) is 3.53 Å². The highest BCUT2D eigenvalue weighted by atomic mass is 127. The highest BCUT2D eigenvalue weighted by Crippen LogP contribution is 1.99. The van der Waals surface area contributed by atoms with Crippen LogP contribution in [0.5, 0.6) is 0 Å². The second-order valence-electron chi connectivity index (χ2n) is 2.25. The lowest BCUT2D eigenvalue weighted by Gasteiger charge is -2.06. The lowest BCUT2D eigenvalue weighted by atomic mass is 10.1. The summed E-state index contributed by atoms with van der Waals surface area (Å²) in [5.41, 5.74) is 7.98. The number of carboxylic acids is 1. The molecule has 1 atom stereocenters. The van der Waals surface area contributed by atoms with Gasteiger partial charge in [0.15, 0.2) is 0 Å². The minimum atomic E-state index is -1.01. The number of carboxylic acid groups (broad SMARTS) is 1. The van der Waals surface area contributed by atoms with Gasteiger partial charge in [-0.1, -0.05) is 0 Å². The number of halogens is 1. The number of nitrogens with zero attached hydrogens (tertiary/aromatic N) is 2. The number of nitrogens with one attached hydrogen (secondary N) is 1. The molecule has 0 saturated heterocycles. The Morgan fingerprint density at radius 2 is 2.31 bits per heavy atom. The average molecular weight is 297 g/mol. The normalized spacial score (nSPS) is 11.5. The lowest BCUT2D eigenvalue weighted by Crippen LogP contribution is -2.30. The van der Waals surface area contributed by atoms with E-state index in [0.717, 1.165) is 6.21 Å². The van der Waals surface area contributed by atoms with Gasteiger partial charge in [-0.05, 0) is 6.42 Å². The van der Waals surface area contributed by atoms with Crippen molar-refractivity contribution in [1.82, 2.24) is 3.53 Å². The summed E-state index contributed by atoms with van der Waals surface area (Å²) in [5.74, 6) is -1.41. The van der Waals surface area contributed by atoms with Crippen molar-refractivity contribution >= 4 is 40.8 Å². The summed E-state index contributed by atoms with van der Waals surface area (Å²) in [6, 6.07) is -0.753. The van der Waals surface area contributed by atoms with Gasteiger partial charge in [0.25, 0.3) is 0 Å². The first-order valence-corrected chi connectivity index (χ1v) is 4.49. The molecule has 0 rings (SSSR count). The van der Waals surface area contributed by atoms with Crippen LogP contribution in [0.2, 0.25) is 0 Å². The lowest BCUT2D eigenvalue weighted by molar-refractivity contribution is -0.139. The van der Waals surface area contributed by atoms with Gasteiger partial charge < -0.3 is 10.6 Å². The molecule has 0 aliphatic rings. The molecule has 0 aromatic carbocycles. The molecule has 0 bridgehead atoms. The molecule has 0 spiro atoms. The fraction of sp³-hybridized carbons (Fsp3) is 0.500. The van der Waals surface area contributed by atoms with Crippen LogP contribution in [0.15, 0.2) is 0 Å². The molecule has 1 unspecified atom stereocenters. The molecule has 6 nitrogen and oxygen atoms in total. The summed E-state index contributed by atoms with van der Waals surface area (Å²) < 4.78 is 2.51. The smallest absolute Gasteiger partial charge is 0.323 e. The molecule has 72 valence electrons. The van der Waals surface area contributed by atoms with Crippen molar-refractivity contribution in [3.8, 4) is 0 Å². The van der Waals surface area contributed by atoms with E-state index in [1.54, 1.807) is 22.9 Å². The first kappa shape index (κ1) is 12.2. The molecule has 0 aromatic heterocycles. The van der Waals surface area contributed by atoms with Gasteiger partial charge in [-0.2, -0.15) is 4.79 Å². The van der Waals surface area contributed by atoms with E-state index in [4.69, 9.17) is 10.6 Å². The van der Waals surface area contributed by atoms with Crippen LogP contribution >= 0.6 is 22.9 Å². The van der Waals surface area contributed by atoms with Crippen molar-refractivity contribution in [2.45, 2.75) is 18.9 Å². The van der Waals surface area contributed by atoms with E-state index in [-0.39, 0.29) is 12.8 Å². The van der Waals surface area contributed by atoms with Gasteiger partial charge in [0.05, 0.1) is 0 Å². The molecule has 0 aliphatic carbocycles. The fourth-order valence-corrected chi connectivity index (χ4v) is 1.22. The second kappa shape index (κ2) is 6.70. The summed E-state index contributed by atoms with van der Waals surface area (Å²) >= 11 is 1.71. The molecule has 0 fully saturated rings. The Hall–Kier alpha value is -0.790. The van der Waals surface area contributed by atoms with E-state index in [1.165, 1.54) is 0 Å². The molecule has 0 heterocycles. The fourth-order valence-electron chi connectivity index (χ4n) is 0.640. The highest BCUT2D eigenvalue weighted by molar-refractivity contribution is 14.1. The molecule has 2 N–H and O–H groups in total. The third-order valence-electron chi connectivity index (χ3n) is 1.31. The van der Waals surface area contributed by atoms with Gasteiger partial charge in [-0.3, -0.25) is 9.59 Å². The van der Waals surface area contributed by atoms with Gasteiger partial charge in [-0.15, -0.1) is 0 Å². The largest absolute Gasteiger partial charge is 0.480 e. The van der Waals surface area contributed by atoms with Gasteiger partial charge >= 0.3 is 12.2 Å². The zero-order valence-electron chi connectivity index (χ0n) is 6.61. The number of rotatable bonds is 6. The molecule has 0 amide bonds. The molecule has 0 radical (unpaired) electrons. The maximum atomic E-state index is 10.8. The van der Waals surface area contributed by atoms with E-state index in [9.17, 15) is 9.59 Å². The molecular weight excluding hydrogens is 289 g/mol. The van der Waals surface area contributed by atoms with Crippen LogP contribution in [0.1, 0.15) is 12.8 Å². The van der Waals surface area contributed by atoms with Crippen LogP contribution in [0.3, 0.4) is 0 Å². The Bertz CT molecular complexity index is 250. The zero-order chi connectivity index (χ0) is 10.3. The standard InChI is InChI=1S/C6H8IN3O3/c7-10-5(6(12)13)2-1-4(11)3-9-8/h3,5,10H,1-2H2,(H,12,13). The number of hydrogen-bond donors (Lipinski definition) is 2. The third kappa shape index (κ3) is 5.45.